The zero-order chi connectivity index (χ0) is 14.1. The molecule has 1 aliphatic rings. The van der Waals surface area contributed by atoms with Gasteiger partial charge in [-0.2, -0.15) is 5.26 Å². The Hall–Kier alpha value is -2.80. The number of benzene rings is 2. The minimum Gasteiger partial charge on any atom is -0.474 e. The third-order valence-corrected chi connectivity index (χ3v) is 3.35. The molecule has 1 unspecified atom stereocenters. The smallest absolute Gasteiger partial charge is 0.272 e. The molecule has 2 aromatic carbocycles. The van der Waals surface area contributed by atoms with Crippen molar-refractivity contribution in [2.75, 3.05) is 11.9 Å². The normalized spacial score (nSPS) is 17.1. The van der Waals surface area contributed by atoms with Crippen LogP contribution in [0.5, 0.6) is 5.75 Å². The zero-order valence-corrected chi connectivity index (χ0v) is 10.9. The average molecular weight is 264 g/mol. The lowest BCUT2D eigenvalue weighted by molar-refractivity contribution is -0.126. The van der Waals surface area contributed by atoms with E-state index >= 15 is 0 Å². The van der Waals surface area contributed by atoms with Gasteiger partial charge >= 0.3 is 0 Å². The number of hydrogen-bond acceptors (Lipinski definition) is 3. The van der Waals surface area contributed by atoms with Gasteiger partial charge in [0.2, 0.25) is 6.10 Å². The summed E-state index contributed by atoms with van der Waals surface area (Å²) in [5, 5.41) is 8.95. The number of carbonyl (C=O) groups excluding carboxylic acids is 1. The number of carbonyl (C=O) groups is 1. The summed E-state index contributed by atoms with van der Waals surface area (Å²) in [4.78, 5) is 13.9. The van der Waals surface area contributed by atoms with E-state index in [1.165, 1.54) is 0 Å². The topological polar surface area (TPSA) is 53.3 Å². The van der Waals surface area contributed by atoms with Gasteiger partial charge in [0.15, 0.2) is 0 Å². The molecule has 4 heteroatoms. The maximum atomic E-state index is 12.4. The predicted molar refractivity (Wildman–Crippen MR) is 74.4 cm³/mol. The Labute approximate surface area is 116 Å². The monoisotopic (exact) mass is 264 g/mol. The number of nitriles is 1. The first-order chi connectivity index (χ1) is 9.70. The molecule has 1 heterocycles. The summed E-state index contributed by atoms with van der Waals surface area (Å²) >= 11 is 0. The molecule has 2 aromatic rings. The lowest BCUT2D eigenvalue weighted by Gasteiger charge is -2.32. The van der Waals surface area contributed by atoms with Crippen molar-refractivity contribution in [3.8, 4) is 11.8 Å². The second-order valence-electron chi connectivity index (χ2n) is 4.60. The third-order valence-electron chi connectivity index (χ3n) is 3.35. The summed E-state index contributed by atoms with van der Waals surface area (Å²) in [6.45, 7) is 0. The highest BCUT2D eigenvalue weighted by Gasteiger charge is 2.33. The van der Waals surface area contributed by atoms with Gasteiger partial charge in [0, 0.05) is 18.7 Å². The van der Waals surface area contributed by atoms with Crippen molar-refractivity contribution in [1.29, 1.82) is 5.26 Å². The fourth-order valence-electron chi connectivity index (χ4n) is 2.27. The highest BCUT2D eigenvalue weighted by molar-refractivity contribution is 6.00. The largest absolute Gasteiger partial charge is 0.474 e. The van der Waals surface area contributed by atoms with Crippen molar-refractivity contribution in [1.82, 2.24) is 0 Å². The Morgan fingerprint density at radius 2 is 1.95 bits per heavy atom. The fourth-order valence-corrected chi connectivity index (χ4v) is 2.27. The van der Waals surface area contributed by atoms with Gasteiger partial charge in [0.05, 0.1) is 17.3 Å². The number of likely N-dealkylation sites (N-methyl/N-ethyl adjacent to an activating group) is 1. The molecule has 0 fully saturated rings. The lowest BCUT2D eigenvalue weighted by Crippen LogP contribution is -2.38. The molecule has 0 N–H and O–H groups in total. The number of nitrogens with zero attached hydrogens (tertiary/aromatic N) is 2. The van der Waals surface area contributed by atoms with Gasteiger partial charge in [-0.15, -0.1) is 0 Å². The van der Waals surface area contributed by atoms with Gasteiger partial charge in [0.1, 0.15) is 5.75 Å². The minimum absolute atomic E-state index is 0.117. The average Bonchev–Trinajstić information content (AvgIpc) is 2.51. The molecule has 0 bridgehead atoms. The molecule has 1 aliphatic heterocycles. The van der Waals surface area contributed by atoms with Crippen LogP contribution in [0.15, 0.2) is 48.5 Å². The Kier molecular flexibility index (Phi) is 2.88. The number of hydrogen-bond donors (Lipinski definition) is 0. The summed E-state index contributed by atoms with van der Waals surface area (Å²) < 4.78 is 5.80. The molecular weight excluding hydrogens is 252 g/mol. The van der Waals surface area contributed by atoms with Crippen molar-refractivity contribution in [3.05, 3.63) is 59.7 Å². The first-order valence-electron chi connectivity index (χ1n) is 6.24. The summed E-state index contributed by atoms with van der Waals surface area (Å²) in [6, 6.07) is 16.5. The molecule has 0 radical (unpaired) electrons. The van der Waals surface area contributed by atoms with Crippen LogP contribution in [0.25, 0.3) is 0 Å². The van der Waals surface area contributed by atoms with E-state index in [1.54, 1.807) is 30.1 Å². The van der Waals surface area contributed by atoms with E-state index in [0.29, 0.717) is 17.0 Å². The molecule has 0 spiro atoms. The second-order valence-corrected chi connectivity index (χ2v) is 4.60. The van der Waals surface area contributed by atoms with Crippen LogP contribution in [-0.4, -0.2) is 13.0 Å². The first kappa shape index (κ1) is 12.2. The standard InChI is InChI=1S/C16H12N2O2/c1-18-13-8-7-11(10-17)9-14(13)20-15(16(18)19)12-5-3-2-4-6-12/h2-9,15H,1H3. The van der Waals surface area contributed by atoms with E-state index in [-0.39, 0.29) is 5.91 Å². The molecule has 0 saturated heterocycles. The highest BCUT2D eigenvalue weighted by Crippen LogP contribution is 2.38. The highest BCUT2D eigenvalue weighted by atomic mass is 16.5. The van der Waals surface area contributed by atoms with E-state index in [1.807, 2.05) is 30.3 Å². The molecule has 4 nitrogen and oxygen atoms in total. The Balaban J connectivity index is 2.06. The molecule has 1 amide bonds. The van der Waals surface area contributed by atoms with Crippen LogP contribution in [0.4, 0.5) is 5.69 Å². The van der Waals surface area contributed by atoms with Crippen molar-refractivity contribution in [2.24, 2.45) is 0 Å². The number of rotatable bonds is 1. The van der Waals surface area contributed by atoms with Crippen molar-refractivity contribution in [3.63, 3.8) is 0 Å². The molecule has 0 saturated carbocycles. The molecule has 98 valence electrons. The van der Waals surface area contributed by atoms with Crippen LogP contribution >= 0.6 is 0 Å². The predicted octanol–water partition coefficient (Wildman–Crippen LogP) is 2.65. The molecule has 1 atom stereocenters. The van der Waals surface area contributed by atoms with E-state index in [9.17, 15) is 4.79 Å². The molecular formula is C16H12N2O2. The van der Waals surface area contributed by atoms with Gasteiger partial charge in [-0.1, -0.05) is 30.3 Å². The van der Waals surface area contributed by atoms with Gasteiger partial charge in [0.25, 0.3) is 5.91 Å². The van der Waals surface area contributed by atoms with Gasteiger partial charge in [-0.3, -0.25) is 4.79 Å². The van der Waals surface area contributed by atoms with Gasteiger partial charge in [-0.25, -0.2) is 0 Å². The summed E-state index contributed by atoms with van der Waals surface area (Å²) in [7, 11) is 1.71. The van der Waals surface area contributed by atoms with Crippen molar-refractivity contribution in [2.45, 2.75) is 6.10 Å². The van der Waals surface area contributed by atoms with Crippen molar-refractivity contribution < 1.29 is 9.53 Å². The molecule has 3 rings (SSSR count). The van der Waals surface area contributed by atoms with Gasteiger partial charge < -0.3 is 9.64 Å². The second kappa shape index (κ2) is 4.71. The van der Waals surface area contributed by atoms with Crippen LogP contribution in [0.2, 0.25) is 0 Å². The Bertz CT molecular complexity index is 704. The molecule has 20 heavy (non-hydrogen) atoms. The van der Waals surface area contributed by atoms with Crippen molar-refractivity contribution >= 4 is 11.6 Å². The maximum Gasteiger partial charge on any atom is 0.272 e. The zero-order valence-electron chi connectivity index (χ0n) is 10.9. The lowest BCUT2D eigenvalue weighted by atomic mass is 10.1. The molecule has 0 aromatic heterocycles. The van der Waals surface area contributed by atoms with E-state index in [4.69, 9.17) is 10.00 Å². The quantitative estimate of drug-likeness (QED) is 0.795. The summed E-state index contributed by atoms with van der Waals surface area (Å²) in [5.74, 6) is 0.438. The SMILES string of the molecule is CN1C(=O)C(c2ccccc2)Oc2cc(C#N)ccc21. The van der Waals surface area contributed by atoms with E-state index in [2.05, 4.69) is 6.07 Å². The first-order valence-corrected chi connectivity index (χ1v) is 6.24. The van der Waals surface area contributed by atoms with Crippen LogP contribution in [0.3, 0.4) is 0 Å². The Morgan fingerprint density at radius 1 is 1.20 bits per heavy atom. The van der Waals surface area contributed by atoms with E-state index < -0.39 is 6.10 Å². The maximum absolute atomic E-state index is 12.4. The fraction of sp³-hybridized carbons (Fsp3) is 0.125. The number of fused-ring (bicyclic) bond motifs is 1. The van der Waals surface area contributed by atoms with Crippen LogP contribution < -0.4 is 9.64 Å². The van der Waals surface area contributed by atoms with Crippen LogP contribution in [-0.2, 0) is 4.79 Å². The van der Waals surface area contributed by atoms with Crippen LogP contribution in [0.1, 0.15) is 17.2 Å². The van der Waals surface area contributed by atoms with E-state index in [0.717, 1.165) is 5.56 Å². The van der Waals surface area contributed by atoms with Gasteiger partial charge in [-0.05, 0) is 12.1 Å². The number of amides is 1. The molecule has 0 aliphatic carbocycles. The minimum atomic E-state index is -0.664. The summed E-state index contributed by atoms with van der Waals surface area (Å²) in [6.07, 6.45) is -0.664. The third kappa shape index (κ3) is 1.90. The summed E-state index contributed by atoms with van der Waals surface area (Å²) in [5.41, 5.74) is 2.00. The number of anilines is 1. The number of ether oxygens (including phenoxy) is 1. The Morgan fingerprint density at radius 3 is 2.65 bits per heavy atom. The van der Waals surface area contributed by atoms with Crippen LogP contribution in [0, 0.1) is 11.3 Å².